The molecule has 0 aliphatic carbocycles. The van der Waals surface area contributed by atoms with E-state index in [1.165, 1.54) is 26.4 Å². The lowest BCUT2D eigenvalue weighted by molar-refractivity contribution is -0.142. The van der Waals surface area contributed by atoms with E-state index in [0.29, 0.717) is 6.42 Å². The zero-order chi connectivity index (χ0) is 14.5. The first-order chi connectivity index (χ1) is 9.61. The minimum atomic E-state index is -0.642. The van der Waals surface area contributed by atoms with Crippen molar-refractivity contribution in [2.24, 2.45) is 5.73 Å². The van der Waals surface area contributed by atoms with Gasteiger partial charge < -0.3 is 15.4 Å². The summed E-state index contributed by atoms with van der Waals surface area (Å²) in [7, 11) is 1.34. The first kappa shape index (κ1) is 15.1. The van der Waals surface area contributed by atoms with Crippen molar-refractivity contribution in [3.63, 3.8) is 0 Å². The molecular weight excluding hydrogens is 276 g/mol. The highest BCUT2D eigenvalue weighted by molar-refractivity contribution is 6.33. The highest BCUT2D eigenvalue weighted by Gasteiger charge is 2.17. The molecule has 1 heterocycles. The van der Waals surface area contributed by atoms with E-state index in [4.69, 9.17) is 17.3 Å². The first-order valence-electron chi connectivity index (χ1n) is 6.98. The quantitative estimate of drug-likeness (QED) is 0.867. The van der Waals surface area contributed by atoms with Crippen molar-refractivity contribution < 1.29 is 9.53 Å². The first-order valence-corrected chi connectivity index (χ1v) is 7.36. The molecule has 0 radical (unpaired) electrons. The maximum Gasteiger partial charge on any atom is 0.322 e. The zero-order valence-corrected chi connectivity index (χ0v) is 12.5. The second-order valence-electron chi connectivity index (χ2n) is 5.17. The Labute approximate surface area is 124 Å². The molecule has 0 aromatic heterocycles. The van der Waals surface area contributed by atoms with Gasteiger partial charge in [-0.05, 0) is 43.4 Å². The van der Waals surface area contributed by atoms with Crippen LogP contribution in [-0.4, -0.2) is 32.2 Å². The summed E-state index contributed by atoms with van der Waals surface area (Å²) in [5.74, 6) is -0.402. The molecule has 110 valence electrons. The van der Waals surface area contributed by atoms with E-state index in [0.717, 1.165) is 29.4 Å². The SMILES string of the molecule is COC(=O)C(N)Cc1ccc(N2CCCCC2)c(Cl)c1. The van der Waals surface area contributed by atoms with Gasteiger partial charge in [-0.3, -0.25) is 4.79 Å². The van der Waals surface area contributed by atoms with Crippen LogP contribution < -0.4 is 10.6 Å². The zero-order valence-electron chi connectivity index (χ0n) is 11.8. The van der Waals surface area contributed by atoms with Gasteiger partial charge in [0.2, 0.25) is 0 Å². The number of ether oxygens (including phenoxy) is 1. The monoisotopic (exact) mass is 296 g/mol. The second-order valence-corrected chi connectivity index (χ2v) is 5.57. The fourth-order valence-corrected chi connectivity index (χ4v) is 2.88. The molecule has 0 bridgehead atoms. The smallest absolute Gasteiger partial charge is 0.322 e. The van der Waals surface area contributed by atoms with E-state index in [1.807, 2.05) is 18.2 Å². The molecule has 1 aromatic rings. The summed E-state index contributed by atoms with van der Waals surface area (Å²) >= 11 is 6.36. The summed E-state index contributed by atoms with van der Waals surface area (Å²) in [5, 5.41) is 0.724. The fraction of sp³-hybridized carbons (Fsp3) is 0.533. The van der Waals surface area contributed by atoms with Gasteiger partial charge >= 0.3 is 5.97 Å². The highest BCUT2D eigenvalue weighted by Crippen LogP contribution is 2.29. The van der Waals surface area contributed by atoms with Crippen LogP contribution in [-0.2, 0) is 16.0 Å². The lowest BCUT2D eigenvalue weighted by Gasteiger charge is -2.29. The van der Waals surface area contributed by atoms with E-state index >= 15 is 0 Å². The Morgan fingerprint density at radius 2 is 2.10 bits per heavy atom. The number of benzene rings is 1. The van der Waals surface area contributed by atoms with Gasteiger partial charge in [0.05, 0.1) is 17.8 Å². The standard InChI is InChI=1S/C15H21ClN2O2/c1-20-15(19)13(17)10-11-5-6-14(12(16)9-11)18-7-3-2-4-8-18/h5-6,9,13H,2-4,7-8,10,17H2,1H3. The van der Waals surface area contributed by atoms with Crippen molar-refractivity contribution in [2.45, 2.75) is 31.7 Å². The number of piperidine rings is 1. The average Bonchev–Trinajstić information content (AvgIpc) is 2.47. The molecule has 1 saturated heterocycles. The minimum absolute atomic E-state index is 0.402. The van der Waals surface area contributed by atoms with Gasteiger partial charge in [-0.1, -0.05) is 17.7 Å². The van der Waals surface area contributed by atoms with Gasteiger partial charge in [0.15, 0.2) is 0 Å². The Balaban J connectivity index is 2.07. The van der Waals surface area contributed by atoms with Gasteiger partial charge in [-0.15, -0.1) is 0 Å². The number of hydrogen-bond acceptors (Lipinski definition) is 4. The van der Waals surface area contributed by atoms with Crippen molar-refractivity contribution in [1.82, 2.24) is 0 Å². The minimum Gasteiger partial charge on any atom is -0.468 e. The Morgan fingerprint density at radius 3 is 2.70 bits per heavy atom. The average molecular weight is 297 g/mol. The van der Waals surface area contributed by atoms with Gasteiger partial charge in [-0.2, -0.15) is 0 Å². The summed E-state index contributed by atoms with van der Waals surface area (Å²) in [6, 6.07) is 5.26. The predicted octanol–water partition coefficient (Wildman–Crippen LogP) is 2.37. The lowest BCUT2D eigenvalue weighted by Crippen LogP contribution is -2.33. The number of nitrogens with two attached hydrogens (primary N) is 1. The molecular formula is C15H21ClN2O2. The maximum absolute atomic E-state index is 11.3. The molecule has 1 unspecified atom stereocenters. The summed E-state index contributed by atoms with van der Waals surface area (Å²) in [5.41, 5.74) is 7.79. The van der Waals surface area contributed by atoms with Crippen LogP contribution in [0.5, 0.6) is 0 Å². The highest BCUT2D eigenvalue weighted by atomic mass is 35.5. The van der Waals surface area contributed by atoms with E-state index in [2.05, 4.69) is 9.64 Å². The van der Waals surface area contributed by atoms with Crippen LogP contribution >= 0.6 is 11.6 Å². The van der Waals surface area contributed by atoms with Crippen LogP contribution in [0.1, 0.15) is 24.8 Å². The number of halogens is 1. The van der Waals surface area contributed by atoms with E-state index in [1.54, 1.807) is 0 Å². The van der Waals surface area contributed by atoms with Crippen LogP contribution in [0.3, 0.4) is 0 Å². The molecule has 1 atom stereocenters. The Bertz CT molecular complexity index is 473. The lowest BCUT2D eigenvalue weighted by atomic mass is 10.0. The number of carbonyl (C=O) groups excluding carboxylic acids is 1. The number of nitrogens with zero attached hydrogens (tertiary/aromatic N) is 1. The van der Waals surface area contributed by atoms with Crippen molar-refractivity contribution in [2.75, 3.05) is 25.1 Å². The second kappa shape index (κ2) is 6.95. The molecule has 20 heavy (non-hydrogen) atoms. The van der Waals surface area contributed by atoms with Crippen LogP contribution in [0.2, 0.25) is 5.02 Å². The van der Waals surface area contributed by atoms with Crippen LogP contribution in [0, 0.1) is 0 Å². The Morgan fingerprint density at radius 1 is 1.40 bits per heavy atom. The largest absolute Gasteiger partial charge is 0.468 e. The van der Waals surface area contributed by atoms with Gasteiger partial charge in [0.25, 0.3) is 0 Å². The van der Waals surface area contributed by atoms with E-state index in [-0.39, 0.29) is 0 Å². The molecule has 1 aliphatic rings. The molecule has 4 nitrogen and oxygen atoms in total. The molecule has 0 amide bonds. The number of esters is 1. The van der Waals surface area contributed by atoms with Crippen LogP contribution in [0.25, 0.3) is 0 Å². The Hall–Kier alpha value is -1.26. The fourth-order valence-electron chi connectivity index (χ4n) is 2.56. The number of anilines is 1. The topological polar surface area (TPSA) is 55.6 Å². The summed E-state index contributed by atoms with van der Waals surface area (Å²) < 4.78 is 4.63. The number of methoxy groups -OCH3 is 1. The van der Waals surface area contributed by atoms with Crippen molar-refractivity contribution in [1.29, 1.82) is 0 Å². The molecule has 0 spiro atoms. The third kappa shape index (κ3) is 3.64. The predicted molar refractivity (Wildman–Crippen MR) is 81.2 cm³/mol. The maximum atomic E-state index is 11.3. The van der Waals surface area contributed by atoms with Gasteiger partial charge in [0, 0.05) is 13.1 Å². The summed E-state index contributed by atoms with van der Waals surface area (Å²) in [6.45, 7) is 2.11. The molecule has 0 saturated carbocycles. The van der Waals surface area contributed by atoms with Crippen molar-refractivity contribution in [3.05, 3.63) is 28.8 Å². The van der Waals surface area contributed by atoms with Gasteiger partial charge in [0.1, 0.15) is 6.04 Å². The van der Waals surface area contributed by atoms with Crippen LogP contribution in [0.4, 0.5) is 5.69 Å². The number of rotatable bonds is 4. The van der Waals surface area contributed by atoms with Gasteiger partial charge in [-0.25, -0.2) is 0 Å². The number of hydrogen-bond donors (Lipinski definition) is 1. The molecule has 2 N–H and O–H groups in total. The molecule has 1 fully saturated rings. The van der Waals surface area contributed by atoms with Crippen LogP contribution in [0.15, 0.2) is 18.2 Å². The third-order valence-electron chi connectivity index (χ3n) is 3.67. The van der Waals surface area contributed by atoms with E-state index < -0.39 is 12.0 Å². The summed E-state index contributed by atoms with van der Waals surface area (Å²) in [6.07, 6.45) is 4.16. The number of carbonyl (C=O) groups is 1. The normalized spacial score (nSPS) is 16.9. The Kier molecular flexibility index (Phi) is 5.26. The molecule has 1 aromatic carbocycles. The van der Waals surface area contributed by atoms with Crippen molar-refractivity contribution in [3.8, 4) is 0 Å². The third-order valence-corrected chi connectivity index (χ3v) is 3.97. The van der Waals surface area contributed by atoms with E-state index in [9.17, 15) is 4.79 Å². The summed E-state index contributed by atoms with van der Waals surface area (Å²) in [4.78, 5) is 13.6. The van der Waals surface area contributed by atoms with Crippen molar-refractivity contribution >= 4 is 23.3 Å². The molecule has 1 aliphatic heterocycles. The molecule has 2 rings (SSSR count). The molecule has 5 heteroatoms.